The summed E-state index contributed by atoms with van der Waals surface area (Å²) in [7, 11) is 0. The first kappa shape index (κ1) is 12.4. The van der Waals surface area contributed by atoms with E-state index < -0.39 is 0 Å². The number of aryl methyl sites for hydroxylation is 1. The number of hydrogen-bond donors (Lipinski definition) is 1. The highest BCUT2D eigenvalue weighted by atomic mass is 32.1. The van der Waals surface area contributed by atoms with Crippen molar-refractivity contribution < 1.29 is 4.79 Å². The maximum atomic E-state index is 11.9. The van der Waals surface area contributed by atoms with Crippen LogP contribution >= 0.6 is 11.3 Å². The average molecular weight is 252 g/mol. The largest absolute Gasteiger partial charge is 0.333 e. The van der Waals surface area contributed by atoms with Gasteiger partial charge in [0.25, 0.3) is 0 Å². The van der Waals surface area contributed by atoms with E-state index in [9.17, 15) is 4.79 Å². The van der Waals surface area contributed by atoms with Gasteiger partial charge in [-0.1, -0.05) is 6.92 Å². The molecule has 0 aliphatic carbocycles. The Hall–Kier alpha value is -1.03. The molecule has 2 amide bonds. The van der Waals surface area contributed by atoms with Crippen molar-refractivity contribution in [3.63, 3.8) is 0 Å². The van der Waals surface area contributed by atoms with Crippen LogP contribution in [0.3, 0.4) is 0 Å². The fourth-order valence-electron chi connectivity index (χ4n) is 2.08. The van der Waals surface area contributed by atoms with E-state index in [1.54, 1.807) is 11.3 Å². The summed E-state index contributed by atoms with van der Waals surface area (Å²) in [6, 6.07) is 4.35. The van der Waals surface area contributed by atoms with Gasteiger partial charge in [0.05, 0.1) is 6.54 Å². The second-order valence-corrected chi connectivity index (χ2v) is 5.68. The van der Waals surface area contributed by atoms with Crippen LogP contribution in [0.5, 0.6) is 0 Å². The third-order valence-corrected chi connectivity index (χ3v) is 4.35. The first-order valence-corrected chi connectivity index (χ1v) is 7.21. The number of urea groups is 1. The van der Waals surface area contributed by atoms with Crippen LogP contribution < -0.4 is 5.32 Å². The van der Waals surface area contributed by atoms with Gasteiger partial charge in [0.15, 0.2) is 0 Å². The first-order chi connectivity index (χ1) is 8.29. The first-order valence-electron chi connectivity index (χ1n) is 6.40. The molecule has 0 spiro atoms. The van der Waals surface area contributed by atoms with E-state index in [0.29, 0.717) is 6.54 Å². The molecule has 0 saturated carbocycles. The highest BCUT2D eigenvalue weighted by molar-refractivity contribution is 7.11. The summed E-state index contributed by atoms with van der Waals surface area (Å²) in [6.07, 6.45) is 4.62. The zero-order valence-corrected chi connectivity index (χ0v) is 11.2. The number of rotatable bonds is 3. The van der Waals surface area contributed by atoms with Gasteiger partial charge in [-0.25, -0.2) is 4.79 Å². The van der Waals surface area contributed by atoms with Crippen molar-refractivity contribution in [3.05, 3.63) is 21.9 Å². The summed E-state index contributed by atoms with van der Waals surface area (Å²) in [5, 5.41) is 3.00. The van der Waals surface area contributed by atoms with Crippen LogP contribution in [0.15, 0.2) is 12.1 Å². The van der Waals surface area contributed by atoms with E-state index in [1.165, 1.54) is 16.2 Å². The minimum Gasteiger partial charge on any atom is -0.333 e. The van der Waals surface area contributed by atoms with Crippen molar-refractivity contribution in [1.29, 1.82) is 0 Å². The van der Waals surface area contributed by atoms with Crippen LogP contribution in [0.4, 0.5) is 4.79 Å². The molecule has 1 aromatic heterocycles. The molecule has 1 fully saturated rings. The maximum absolute atomic E-state index is 11.9. The van der Waals surface area contributed by atoms with Crippen molar-refractivity contribution in [3.8, 4) is 0 Å². The molecule has 17 heavy (non-hydrogen) atoms. The van der Waals surface area contributed by atoms with E-state index in [-0.39, 0.29) is 6.03 Å². The smallest absolute Gasteiger partial charge is 0.317 e. The second kappa shape index (κ2) is 6.05. The molecule has 1 aliphatic rings. The predicted molar refractivity (Wildman–Crippen MR) is 71.4 cm³/mol. The number of nitrogens with zero attached hydrogens (tertiary/aromatic N) is 1. The van der Waals surface area contributed by atoms with Gasteiger partial charge in [-0.3, -0.25) is 0 Å². The van der Waals surface area contributed by atoms with Gasteiger partial charge in [-0.2, -0.15) is 0 Å². The monoisotopic (exact) mass is 252 g/mol. The molecular formula is C13H20N2OS. The van der Waals surface area contributed by atoms with Crippen molar-refractivity contribution in [2.24, 2.45) is 0 Å². The van der Waals surface area contributed by atoms with Crippen molar-refractivity contribution >= 4 is 17.4 Å². The summed E-state index contributed by atoms with van der Waals surface area (Å²) < 4.78 is 0. The minimum absolute atomic E-state index is 0.0937. The Labute approximate surface area is 107 Å². The van der Waals surface area contributed by atoms with Gasteiger partial charge in [0, 0.05) is 22.8 Å². The number of carbonyl (C=O) groups excluding carboxylic acids is 1. The summed E-state index contributed by atoms with van der Waals surface area (Å²) in [5.74, 6) is 0. The Morgan fingerprint density at radius 1 is 1.29 bits per heavy atom. The van der Waals surface area contributed by atoms with Crippen LogP contribution in [0.1, 0.15) is 35.9 Å². The molecule has 0 atom stereocenters. The Bertz CT molecular complexity index is 369. The molecule has 1 saturated heterocycles. The van der Waals surface area contributed by atoms with Crippen molar-refractivity contribution in [2.45, 2.75) is 39.2 Å². The summed E-state index contributed by atoms with van der Waals surface area (Å²) in [6.45, 7) is 4.65. The predicted octanol–water partition coefficient (Wildman–Crippen LogP) is 3.01. The standard InChI is InChI=1S/C13H20N2OS/c1-2-11-6-7-12(17-11)10-14-13(16)15-8-4-3-5-9-15/h6-7H,2-5,8-10H2,1H3,(H,14,16). The molecule has 0 unspecified atom stereocenters. The van der Waals surface area contributed by atoms with E-state index in [0.717, 1.165) is 32.4 Å². The fourth-order valence-corrected chi connectivity index (χ4v) is 2.98. The number of amides is 2. The molecule has 3 nitrogen and oxygen atoms in total. The molecule has 94 valence electrons. The Morgan fingerprint density at radius 2 is 2.00 bits per heavy atom. The lowest BCUT2D eigenvalue weighted by molar-refractivity contribution is 0.186. The average Bonchev–Trinajstić information content (AvgIpc) is 2.85. The summed E-state index contributed by atoms with van der Waals surface area (Å²) >= 11 is 1.79. The Morgan fingerprint density at radius 3 is 2.65 bits per heavy atom. The normalized spacial score (nSPS) is 15.9. The van der Waals surface area contributed by atoms with Gasteiger partial charge in [-0.05, 0) is 37.8 Å². The third kappa shape index (κ3) is 3.46. The topological polar surface area (TPSA) is 32.3 Å². The number of piperidine rings is 1. The zero-order chi connectivity index (χ0) is 12.1. The summed E-state index contributed by atoms with van der Waals surface area (Å²) in [4.78, 5) is 16.4. The Kier molecular flexibility index (Phi) is 4.42. The van der Waals surface area contributed by atoms with Gasteiger partial charge in [-0.15, -0.1) is 11.3 Å². The fraction of sp³-hybridized carbons (Fsp3) is 0.615. The van der Waals surface area contributed by atoms with Crippen LogP contribution in [0.2, 0.25) is 0 Å². The molecule has 1 N–H and O–H groups in total. The lowest BCUT2D eigenvalue weighted by Gasteiger charge is -2.26. The van der Waals surface area contributed by atoms with Crippen LogP contribution in [-0.2, 0) is 13.0 Å². The number of likely N-dealkylation sites (tertiary alicyclic amines) is 1. The Balaban J connectivity index is 1.78. The van der Waals surface area contributed by atoms with Crippen molar-refractivity contribution in [1.82, 2.24) is 10.2 Å². The molecule has 0 radical (unpaired) electrons. The molecule has 4 heteroatoms. The van der Waals surface area contributed by atoms with Crippen LogP contribution in [0, 0.1) is 0 Å². The van der Waals surface area contributed by atoms with Crippen molar-refractivity contribution in [2.75, 3.05) is 13.1 Å². The third-order valence-electron chi connectivity index (χ3n) is 3.12. The second-order valence-electron chi connectivity index (χ2n) is 4.43. The quantitative estimate of drug-likeness (QED) is 0.881. The van der Waals surface area contributed by atoms with E-state index in [2.05, 4.69) is 24.4 Å². The number of nitrogens with one attached hydrogen (secondary N) is 1. The van der Waals surface area contributed by atoms with Crippen LogP contribution in [0.25, 0.3) is 0 Å². The van der Waals surface area contributed by atoms with Gasteiger partial charge >= 0.3 is 6.03 Å². The number of thiophene rings is 1. The molecular weight excluding hydrogens is 232 g/mol. The highest BCUT2D eigenvalue weighted by Gasteiger charge is 2.15. The molecule has 1 aromatic rings. The molecule has 0 aromatic carbocycles. The summed E-state index contributed by atoms with van der Waals surface area (Å²) in [5.41, 5.74) is 0. The lowest BCUT2D eigenvalue weighted by Crippen LogP contribution is -2.42. The SMILES string of the molecule is CCc1ccc(CNC(=O)N2CCCCC2)s1. The zero-order valence-electron chi connectivity index (χ0n) is 10.4. The molecule has 1 aliphatic heterocycles. The van der Waals surface area contributed by atoms with Gasteiger partial charge in [0.1, 0.15) is 0 Å². The van der Waals surface area contributed by atoms with E-state index in [1.807, 2.05) is 4.90 Å². The van der Waals surface area contributed by atoms with Gasteiger partial charge in [0.2, 0.25) is 0 Å². The highest BCUT2D eigenvalue weighted by Crippen LogP contribution is 2.16. The number of hydrogen-bond acceptors (Lipinski definition) is 2. The van der Waals surface area contributed by atoms with Gasteiger partial charge < -0.3 is 10.2 Å². The molecule has 2 heterocycles. The lowest BCUT2D eigenvalue weighted by atomic mass is 10.1. The maximum Gasteiger partial charge on any atom is 0.317 e. The minimum atomic E-state index is 0.0937. The van der Waals surface area contributed by atoms with Crippen LogP contribution in [-0.4, -0.2) is 24.0 Å². The van der Waals surface area contributed by atoms with E-state index >= 15 is 0 Å². The molecule has 0 bridgehead atoms. The number of carbonyl (C=O) groups is 1. The van der Waals surface area contributed by atoms with E-state index in [4.69, 9.17) is 0 Å². The molecule has 2 rings (SSSR count).